The van der Waals surface area contributed by atoms with E-state index in [0.717, 1.165) is 19.6 Å². The summed E-state index contributed by atoms with van der Waals surface area (Å²) in [5, 5.41) is 0. The van der Waals surface area contributed by atoms with Crippen molar-refractivity contribution in [1.29, 1.82) is 0 Å². The third-order valence-electron chi connectivity index (χ3n) is 3.02. The van der Waals surface area contributed by atoms with Crippen molar-refractivity contribution in [3.05, 3.63) is 34.9 Å². The lowest BCUT2D eigenvalue weighted by molar-refractivity contribution is 0.284. The molecule has 0 fully saturated rings. The number of likely N-dealkylation sites (N-methyl/N-ethyl adjacent to an activating group) is 1. The first kappa shape index (κ1) is 13.2. The molecule has 0 amide bonds. The Bertz CT molecular complexity index is 309. The van der Waals surface area contributed by atoms with Gasteiger partial charge in [-0.15, -0.1) is 0 Å². The van der Waals surface area contributed by atoms with Crippen molar-refractivity contribution < 1.29 is 0 Å². The lowest BCUT2D eigenvalue weighted by Gasteiger charge is -2.23. The Morgan fingerprint density at radius 2 is 1.56 bits per heavy atom. The van der Waals surface area contributed by atoms with E-state index in [1.807, 2.05) is 0 Å². The molecule has 1 unspecified atom stereocenters. The monoisotopic (exact) mass is 220 g/mol. The van der Waals surface area contributed by atoms with Gasteiger partial charge in [-0.3, -0.25) is 0 Å². The van der Waals surface area contributed by atoms with E-state index in [1.165, 1.54) is 16.7 Å². The smallest absolute Gasteiger partial charge is 0.0424 e. The fourth-order valence-corrected chi connectivity index (χ4v) is 2.09. The molecular formula is C14H24N2. The zero-order valence-electron chi connectivity index (χ0n) is 11.0. The van der Waals surface area contributed by atoms with Crippen LogP contribution in [0.3, 0.4) is 0 Å². The van der Waals surface area contributed by atoms with Crippen molar-refractivity contribution in [2.45, 2.75) is 33.7 Å². The van der Waals surface area contributed by atoms with E-state index in [0.29, 0.717) is 0 Å². The minimum Gasteiger partial charge on any atom is -0.323 e. The first-order valence-corrected chi connectivity index (χ1v) is 6.13. The summed E-state index contributed by atoms with van der Waals surface area (Å²) in [6.45, 7) is 11.7. The molecule has 16 heavy (non-hydrogen) atoms. The Morgan fingerprint density at radius 3 is 2.00 bits per heavy atom. The van der Waals surface area contributed by atoms with Crippen LogP contribution in [0.1, 0.15) is 36.6 Å². The van der Waals surface area contributed by atoms with Crippen LogP contribution >= 0.6 is 0 Å². The molecule has 0 bridgehead atoms. The minimum absolute atomic E-state index is 0.124. The Labute approximate surface area is 99.5 Å². The van der Waals surface area contributed by atoms with Crippen LogP contribution in [0, 0.1) is 13.8 Å². The van der Waals surface area contributed by atoms with Crippen LogP contribution in [-0.4, -0.2) is 24.5 Å². The van der Waals surface area contributed by atoms with Gasteiger partial charge in [-0.2, -0.15) is 0 Å². The molecule has 1 atom stereocenters. The molecule has 0 heterocycles. The number of nitrogens with two attached hydrogens (primary N) is 1. The van der Waals surface area contributed by atoms with Gasteiger partial charge in [0.2, 0.25) is 0 Å². The fourth-order valence-electron chi connectivity index (χ4n) is 2.09. The maximum Gasteiger partial charge on any atom is 0.0424 e. The number of benzene rings is 1. The Kier molecular flexibility index (Phi) is 4.97. The summed E-state index contributed by atoms with van der Waals surface area (Å²) in [7, 11) is 0. The highest BCUT2D eigenvalue weighted by Crippen LogP contribution is 2.16. The highest BCUT2D eigenvalue weighted by atomic mass is 15.1. The molecule has 2 heteroatoms. The molecule has 2 N–H and O–H groups in total. The van der Waals surface area contributed by atoms with Crippen LogP contribution in [0.2, 0.25) is 0 Å². The van der Waals surface area contributed by atoms with Crippen molar-refractivity contribution in [1.82, 2.24) is 4.90 Å². The Morgan fingerprint density at radius 1 is 1.06 bits per heavy atom. The van der Waals surface area contributed by atoms with Gasteiger partial charge in [0, 0.05) is 12.6 Å². The number of hydrogen-bond donors (Lipinski definition) is 1. The Balaban J connectivity index is 2.75. The molecule has 0 aliphatic carbocycles. The van der Waals surface area contributed by atoms with E-state index in [9.17, 15) is 0 Å². The van der Waals surface area contributed by atoms with Crippen LogP contribution in [0.5, 0.6) is 0 Å². The second kappa shape index (κ2) is 6.02. The zero-order chi connectivity index (χ0) is 12.1. The van der Waals surface area contributed by atoms with Crippen molar-refractivity contribution in [2.75, 3.05) is 19.6 Å². The third kappa shape index (κ3) is 3.62. The number of nitrogens with zero attached hydrogens (tertiary/aromatic N) is 1. The van der Waals surface area contributed by atoms with E-state index < -0.39 is 0 Å². The first-order chi connectivity index (χ1) is 7.56. The molecule has 0 aliphatic heterocycles. The highest BCUT2D eigenvalue weighted by molar-refractivity contribution is 5.30. The normalized spacial score (nSPS) is 13.1. The summed E-state index contributed by atoms with van der Waals surface area (Å²) in [4.78, 5) is 2.36. The molecule has 0 saturated heterocycles. The summed E-state index contributed by atoms with van der Waals surface area (Å²) in [6, 6.07) is 6.70. The molecule has 0 saturated carbocycles. The molecular weight excluding hydrogens is 196 g/mol. The van der Waals surface area contributed by atoms with Gasteiger partial charge in [-0.25, -0.2) is 0 Å². The van der Waals surface area contributed by atoms with Gasteiger partial charge < -0.3 is 10.6 Å². The van der Waals surface area contributed by atoms with E-state index in [1.54, 1.807) is 0 Å². The van der Waals surface area contributed by atoms with Crippen molar-refractivity contribution in [2.24, 2.45) is 5.73 Å². The summed E-state index contributed by atoms with van der Waals surface area (Å²) in [5.74, 6) is 0. The predicted octanol–water partition coefficient (Wildman–Crippen LogP) is 2.65. The second-order valence-electron chi connectivity index (χ2n) is 4.51. The molecule has 0 radical (unpaired) electrons. The average Bonchev–Trinajstić information content (AvgIpc) is 2.24. The molecule has 1 aromatic rings. The van der Waals surface area contributed by atoms with Gasteiger partial charge in [-0.05, 0) is 32.5 Å². The fraction of sp³-hybridized carbons (Fsp3) is 0.571. The standard InChI is InChI=1S/C14H24N2/c1-5-16(6-2)10-14(15)13-8-11(3)7-12(4)9-13/h7-9,14H,5-6,10,15H2,1-4H3. The quantitative estimate of drug-likeness (QED) is 0.826. The van der Waals surface area contributed by atoms with Gasteiger partial charge in [0.05, 0.1) is 0 Å². The van der Waals surface area contributed by atoms with Gasteiger partial charge in [0.25, 0.3) is 0 Å². The van der Waals surface area contributed by atoms with E-state index >= 15 is 0 Å². The van der Waals surface area contributed by atoms with Crippen molar-refractivity contribution in [3.8, 4) is 0 Å². The maximum absolute atomic E-state index is 6.24. The molecule has 90 valence electrons. The average molecular weight is 220 g/mol. The van der Waals surface area contributed by atoms with Crippen molar-refractivity contribution >= 4 is 0 Å². The minimum atomic E-state index is 0.124. The summed E-state index contributed by atoms with van der Waals surface area (Å²) < 4.78 is 0. The van der Waals surface area contributed by atoms with Gasteiger partial charge in [-0.1, -0.05) is 43.2 Å². The lowest BCUT2D eigenvalue weighted by atomic mass is 10.0. The Hall–Kier alpha value is -0.860. The van der Waals surface area contributed by atoms with Crippen LogP contribution in [0.25, 0.3) is 0 Å². The van der Waals surface area contributed by atoms with Gasteiger partial charge in [0.1, 0.15) is 0 Å². The largest absolute Gasteiger partial charge is 0.323 e. The van der Waals surface area contributed by atoms with E-state index in [-0.39, 0.29) is 6.04 Å². The second-order valence-corrected chi connectivity index (χ2v) is 4.51. The number of aryl methyl sites for hydroxylation is 2. The first-order valence-electron chi connectivity index (χ1n) is 6.13. The van der Waals surface area contributed by atoms with Gasteiger partial charge >= 0.3 is 0 Å². The summed E-state index contributed by atoms with van der Waals surface area (Å²) >= 11 is 0. The third-order valence-corrected chi connectivity index (χ3v) is 3.02. The molecule has 0 aromatic heterocycles. The number of rotatable bonds is 5. The van der Waals surface area contributed by atoms with E-state index in [4.69, 9.17) is 5.73 Å². The SMILES string of the molecule is CCN(CC)CC(N)c1cc(C)cc(C)c1. The van der Waals surface area contributed by atoms with Crippen LogP contribution < -0.4 is 5.73 Å². The lowest BCUT2D eigenvalue weighted by Crippen LogP contribution is -2.32. The maximum atomic E-state index is 6.24. The zero-order valence-corrected chi connectivity index (χ0v) is 11.0. The van der Waals surface area contributed by atoms with Crippen LogP contribution in [0.4, 0.5) is 0 Å². The number of hydrogen-bond acceptors (Lipinski definition) is 2. The molecule has 1 aromatic carbocycles. The predicted molar refractivity (Wildman–Crippen MR) is 70.6 cm³/mol. The van der Waals surface area contributed by atoms with Gasteiger partial charge in [0.15, 0.2) is 0 Å². The van der Waals surface area contributed by atoms with Crippen LogP contribution in [-0.2, 0) is 0 Å². The van der Waals surface area contributed by atoms with Crippen molar-refractivity contribution in [3.63, 3.8) is 0 Å². The van der Waals surface area contributed by atoms with E-state index in [2.05, 4.69) is 50.8 Å². The highest BCUT2D eigenvalue weighted by Gasteiger charge is 2.10. The summed E-state index contributed by atoms with van der Waals surface area (Å²) in [6.07, 6.45) is 0. The molecule has 0 spiro atoms. The molecule has 2 nitrogen and oxygen atoms in total. The summed E-state index contributed by atoms with van der Waals surface area (Å²) in [5.41, 5.74) is 10.1. The molecule has 0 aliphatic rings. The van der Waals surface area contributed by atoms with Crippen LogP contribution in [0.15, 0.2) is 18.2 Å². The topological polar surface area (TPSA) is 29.3 Å². The molecule has 1 rings (SSSR count).